The van der Waals surface area contributed by atoms with Crippen LogP contribution in [0.15, 0.2) is 6.07 Å². The molecule has 1 aliphatic rings. The van der Waals surface area contributed by atoms with Crippen LogP contribution in [0.5, 0.6) is 0 Å². The smallest absolute Gasteiger partial charge is 0.261 e. The first-order valence-electron chi connectivity index (χ1n) is 7.20. The number of nitrogens with two attached hydrogens (primary N) is 1. The van der Waals surface area contributed by atoms with Gasteiger partial charge in [0.15, 0.2) is 0 Å². The fourth-order valence-corrected chi connectivity index (χ4v) is 3.46. The van der Waals surface area contributed by atoms with Crippen molar-refractivity contribution in [1.82, 2.24) is 5.32 Å². The van der Waals surface area contributed by atoms with E-state index >= 15 is 0 Å². The van der Waals surface area contributed by atoms with Crippen molar-refractivity contribution in [3.63, 3.8) is 0 Å². The third kappa shape index (κ3) is 3.84. The van der Waals surface area contributed by atoms with Crippen molar-refractivity contribution < 1.29 is 4.79 Å². The molecule has 0 aliphatic heterocycles. The van der Waals surface area contributed by atoms with Gasteiger partial charge in [0.25, 0.3) is 5.91 Å². The van der Waals surface area contributed by atoms with E-state index in [1.165, 1.54) is 24.2 Å². The first-order chi connectivity index (χ1) is 9.60. The minimum absolute atomic E-state index is 0.0402. The number of carbonyl (C=O) groups excluding carboxylic acids is 1. The molecular formula is C16H22N2OS. The molecular weight excluding hydrogens is 268 g/mol. The molecule has 0 saturated heterocycles. The molecule has 3 N–H and O–H groups in total. The Morgan fingerprint density at radius 1 is 1.45 bits per heavy atom. The van der Waals surface area contributed by atoms with E-state index in [9.17, 15) is 4.79 Å². The molecule has 1 aromatic rings. The molecule has 0 radical (unpaired) electrons. The highest BCUT2D eigenvalue weighted by Crippen LogP contribution is 2.25. The van der Waals surface area contributed by atoms with Gasteiger partial charge < -0.3 is 11.1 Å². The standard InChI is InChI=1S/C16H22N2OS/c1-11-5-7-13(8-6-11)18-16(19)15-10-12(2)14(20-15)4-3-9-17/h10-11,13H,5-9,17H2,1-2H3,(H,18,19). The van der Waals surface area contributed by atoms with Crippen LogP contribution in [0.3, 0.4) is 0 Å². The van der Waals surface area contributed by atoms with Crippen LogP contribution in [0, 0.1) is 24.7 Å². The highest BCUT2D eigenvalue weighted by Gasteiger charge is 2.21. The van der Waals surface area contributed by atoms with Crippen molar-refractivity contribution in [1.29, 1.82) is 0 Å². The van der Waals surface area contributed by atoms with E-state index in [1.807, 2.05) is 13.0 Å². The molecule has 1 fully saturated rings. The zero-order chi connectivity index (χ0) is 14.5. The Balaban J connectivity index is 1.99. The monoisotopic (exact) mass is 290 g/mol. The van der Waals surface area contributed by atoms with Crippen molar-refractivity contribution in [2.75, 3.05) is 6.54 Å². The van der Waals surface area contributed by atoms with Gasteiger partial charge in [0.2, 0.25) is 0 Å². The zero-order valence-electron chi connectivity index (χ0n) is 12.2. The molecule has 0 unspecified atom stereocenters. The summed E-state index contributed by atoms with van der Waals surface area (Å²) >= 11 is 1.46. The molecule has 0 aromatic carbocycles. The summed E-state index contributed by atoms with van der Waals surface area (Å²) in [5, 5.41) is 3.15. The topological polar surface area (TPSA) is 55.1 Å². The summed E-state index contributed by atoms with van der Waals surface area (Å²) in [6, 6.07) is 2.26. The third-order valence-electron chi connectivity index (χ3n) is 3.80. The summed E-state index contributed by atoms with van der Waals surface area (Å²) < 4.78 is 0. The van der Waals surface area contributed by atoms with Crippen LogP contribution in [0.25, 0.3) is 0 Å². The van der Waals surface area contributed by atoms with Gasteiger partial charge in [-0.15, -0.1) is 11.3 Å². The molecule has 0 spiro atoms. The molecule has 0 atom stereocenters. The van der Waals surface area contributed by atoms with Crippen LogP contribution >= 0.6 is 11.3 Å². The lowest BCUT2D eigenvalue weighted by Gasteiger charge is -2.26. The first kappa shape index (κ1) is 15.1. The zero-order valence-corrected chi connectivity index (χ0v) is 13.0. The molecule has 2 rings (SSSR count). The summed E-state index contributed by atoms with van der Waals surface area (Å²) in [5.74, 6) is 6.70. The average molecular weight is 290 g/mol. The van der Waals surface area contributed by atoms with Crippen molar-refractivity contribution in [3.05, 3.63) is 21.4 Å². The Bertz CT molecular complexity index is 530. The van der Waals surface area contributed by atoms with E-state index in [0.717, 1.165) is 34.1 Å². The second-order valence-electron chi connectivity index (χ2n) is 5.56. The van der Waals surface area contributed by atoms with E-state index in [-0.39, 0.29) is 5.91 Å². The van der Waals surface area contributed by atoms with E-state index in [0.29, 0.717) is 12.6 Å². The Hall–Kier alpha value is -1.31. The number of rotatable bonds is 2. The molecule has 1 aliphatic carbocycles. The third-order valence-corrected chi connectivity index (χ3v) is 4.95. The first-order valence-corrected chi connectivity index (χ1v) is 8.02. The van der Waals surface area contributed by atoms with E-state index in [4.69, 9.17) is 5.73 Å². The number of amides is 1. The molecule has 20 heavy (non-hydrogen) atoms. The lowest BCUT2D eigenvalue weighted by Crippen LogP contribution is -2.36. The Labute approximate surface area is 124 Å². The Kier molecular flexibility index (Phi) is 5.22. The van der Waals surface area contributed by atoms with E-state index in [1.54, 1.807) is 0 Å². The lowest BCUT2D eigenvalue weighted by atomic mass is 9.87. The van der Waals surface area contributed by atoms with Gasteiger partial charge in [-0.25, -0.2) is 0 Å². The van der Waals surface area contributed by atoms with Crippen molar-refractivity contribution in [3.8, 4) is 11.8 Å². The SMILES string of the molecule is Cc1cc(C(=O)NC2CCC(C)CC2)sc1C#CCN. The summed E-state index contributed by atoms with van der Waals surface area (Å²) in [7, 11) is 0. The summed E-state index contributed by atoms with van der Waals surface area (Å²) in [4.78, 5) is 14.0. The second kappa shape index (κ2) is 6.92. The fraction of sp³-hybridized carbons (Fsp3) is 0.562. The summed E-state index contributed by atoms with van der Waals surface area (Å²) in [5.41, 5.74) is 6.43. The Morgan fingerprint density at radius 2 is 2.15 bits per heavy atom. The van der Waals surface area contributed by atoms with E-state index in [2.05, 4.69) is 24.1 Å². The van der Waals surface area contributed by atoms with Crippen LogP contribution in [0.1, 0.15) is 52.7 Å². The number of nitrogens with one attached hydrogen (secondary N) is 1. The highest BCUT2D eigenvalue weighted by molar-refractivity contribution is 7.14. The van der Waals surface area contributed by atoms with Gasteiger partial charge in [0, 0.05) is 6.04 Å². The summed E-state index contributed by atoms with van der Waals surface area (Å²) in [6.45, 7) is 4.61. The quantitative estimate of drug-likeness (QED) is 0.823. The highest BCUT2D eigenvalue weighted by atomic mass is 32.1. The van der Waals surface area contributed by atoms with Gasteiger partial charge in [-0.05, 0) is 50.2 Å². The fourth-order valence-electron chi connectivity index (χ4n) is 2.51. The number of hydrogen-bond acceptors (Lipinski definition) is 3. The maximum absolute atomic E-state index is 12.3. The van der Waals surface area contributed by atoms with Gasteiger partial charge in [0.1, 0.15) is 0 Å². The van der Waals surface area contributed by atoms with Crippen LogP contribution in [-0.4, -0.2) is 18.5 Å². The number of carbonyl (C=O) groups is 1. The van der Waals surface area contributed by atoms with Gasteiger partial charge in [-0.1, -0.05) is 18.8 Å². The predicted octanol–water partition coefficient (Wildman–Crippen LogP) is 2.68. The molecule has 4 heteroatoms. The molecule has 1 heterocycles. The normalized spacial score (nSPS) is 21.9. The number of hydrogen-bond donors (Lipinski definition) is 2. The minimum Gasteiger partial charge on any atom is -0.349 e. The molecule has 108 valence electrons. The molecule has 1 saturated carbocycles. The van der Waals surface area contributed by atoms with Gasteiger partial charge in [-0.3, -0.25) is 4.79 Å². The van der Waals surface area contributed by atoms with E-state index < -0.39 is 0 Å². The predicted molar refractivity (Wildman–Crippen MR) is 83.9 cm³/mol. The van der Waals surface area contributed by atoms with Crippen molar-refractivity contribution in [2.24, 2.45) is 11.7 Å². The van der Waals surface area contributed by atoms with Crippen LogP contribution in [0.4, 0.5) is 0 Å². The number of thiophene rings is 1. The largest absolute Gasteiger partial charge is 0.349 e. The van der Waals surface area contributed by atoms with Crippen LogP contribution in [-0.2, 0) is 0 Å². The number of aryl methyl sites for hydroxylation is 1. The van der Waals surface area contributed by atoms with Crippen molar-refractivity contribution in [2.45, 2.75) is 45.6 Å². The molecule has 3 nitrogen and oxygen atoms in total. The van der Waals surface area contributed by atoms with Gasteiger partial charge in [-0.2, -0.15) is 0 Å². The van der Waals surface area contributed by atoms with Crippen molar-refractivity contribution >= 4 is 17.2 Å². The van der Waals surface area contributed by atoms with Crippen LogP contribution < -0.4 is 11.1 Å². The second-order valence-corrected chi connectivity index (χ2v) is 6.61. The Morgan fingerprint density at radius 3 is 2.80 bits per heavy atom. The van der Waals surface area contributed by atoms with Crippen LogP contribution in [0.2, 0.25) is 0 Å². The van der Waals surface area contributed by atoms with Gasteiger partial charge >= 0.3 is 0 Å². The summed E-state index contributed by atoms with van der Waals surface area (Å²) in [6.07, 6.45) is 4.61. The molecule has 0 bridgehead atoms. The average Bonchev–Trinajstić information content (AvgIpc) is 2.80. The molecule has 1 aromatic heterocycles. The minimum atomic E-state index is 0.0402. The maximum Gasteiger partial charge on any atom is 0.261 e. The van der Waals surface area contributed by atoms with Gasteiger partial charge in [0.05, 0.1) is 16.3 Å². The lowest BCUT2D eigenvalue weighted by molar-refractivity contribution is 0.0927. The maximum atomic E-state index is 12.3. The molecule has 1 amide bonds.